The van der Waals surface area contributed by atoms with Crippen LogP contribution >= 0.6 is 12.2 Å². The molecule has 0 amide bonds. The third-order valence-electron chi connectivity index (χ3n) is 5.49. The molecule has 0 radical (unpaired) electrons. The Morgan fingerprint density at radius 3 is 2.13 bits per heavy atom. The van der Waals surface area contributed by atoms with E-state index in [1.165, 1.54) is 16.7 Å². The number of rotatable bonds is 4. The summed E-state index contributed by atoms with van der Waals surface area (Å²) in [5.74, 6) is 0. The summed E-state index contributed by atoms with van der Waals surface area (Å²) in [5.41, 5.74) is 8.97. The molecule has 0 fully saturated rings. The van der Waals surface area contributed by atoms with Gasteiger partial charge >= 0.3 is 0 Å². The van der Waals surface area contributed by atoms with Crippen molar-refractivity contribution in [3.8, 4) is 33.5 Å². The van der Waals surface area contributed by atoms with E-state index in [0.29, 0.717) is 4.77 Å². The van der Waals surface area contributed by atoms with Crippen LogP contribution in [0, 0.1) is 4.77 Å². The molecule has 0 aliphatic rings. The van der Waals surface area contributed by atoms with Crippen LogP contribution in [-0.4, -0.2) is 14.4 Å². The molecule has 146 valence electrons. The summed E-state index contributed by atoms with van der Waals surface area (Å²) in [6.07, 6.45) is 4.92. The summed E-state index contributed by atoms with van der Waals surface area (Å²) >= 11 is 5.48. The van der Waals surface area contributed by atoms with Gasteiger partial charge in [0.2, 0.25) is 4.77 Å². The Morgan fingerprint density at radius 1 is 0.800 bits per heavy atom. The molecule has 5 rings (SSSR count). The van der Waals surface area contributed by atoms with Crippen LogP contribution in [0.3, 0.4) is 0 Å². The third-order valence-corrected chi connectivity index (χ3v) is 5.80. The molecular formula is C26H21N3S. The normalized spacial score (nSPS) is 11.1. The summed E-state index contributed by atoms with van der Waals surface area (Å²) in [6.45, 7) is 2.16. The topological polar surface area (TPSA) is 33.1 Å². The molecule has 2 heterocycles. The maximum atomic E-state index is 5.48. The summed E-state index contributed by atoms with van der Waals surface area (Å²) in [7, 11) is 0. The van der Waals surface area contributed by atoms with Crippen molar-refractivity contribution in [2.75, 3.05) is 0 Å². The molecule has 0 saturated heterocycles. The number of imidazole rings is 1. The lowest BCUT2D eigenvalue weighted by atomic mass is 10.0. The Hall–Kier alpha value is -3.50. The van der Waals surface area contributed by atoms with Crippen LogP contribution < -0.4 is 0 Å². The largest absolute Gasteiger partial charge is 0.339 e. The summed E-state index contributed by atoms with van der Waals surface area (Å²) < 4.78 is 2.50. The molecule has 0 aliphatic carbocycles. The number of H-pyrrole nitrogens is 1. The van der Waals surface area contributed by atoms with Crippen LogP contribution in [0.2, 0.25) is 0 Å². The Labute approximate surface area is 180 Å². The van der Waals surface area contributed by atoms with E-state index in [0.717, 1.165) is 34.5 Å². The first-order valence-corrected chi connectivity index (χ1v) is 10.5. The highest BCUT2D eigenvalue weighted by Crippen LogP contribution is 2.29. The number of aromatic nitrogens is 3. The molecule has 0 atom stereocenters. The number of hydrogen-bond donors (Lipinski definition) is 1. The van der Waals surface area contributed by atoms with Crippen molar-refractivity contribution in [3.63, 3.8) is 0 Å². The maximum absolute atomic E-state index is 5.48. The quantitative estimate of drug-likeness (QED) is 0.327. The second kappa shape index (κ2) is 7.73. The van der Waals surface area contributed by atoms with Crippen LogP contribution in [0.5, 0.6) is 0 Å². The highest BCUT2D eigenvalue weighted by Gasteiger charge is 2.11. The van der Waals surface area contributed by atoms with E-state index < -0.39 is 0 Å². The Kier molecular flexibility index (Phi) is 4.77. The van der Waals surface area contributed by atoms with Gasteiger partial charge in [-0.05, 0) is 46.5 Å². The van der Waals surface area contributed by atoms with E-state index in [2.05, 4.69) is 89.7 Å². The van der Waals surface area contributed by atoms with Crippen LogP contribution in [-0.2, 0) is 6.42 Å². The van der Waals surface area contributed by atoms with Crippen LogP contribution in [0.4, 0.5) is 0 Å². The van der Waals surface area contributed by atoms with E-state index in [1.807, 2.05) is 22.9 Å². The van der Waals surface area contributed by atoms with Crippen molar-refractivity contribution in [2.45, 2.75) is 13.3 Å². The number of aryl methyl sites for hydroxylation is 1. The van der Waals surface area contributed by atoms with Gasteiger partial charge in [0.05, 0.1) is 5.69 Å². The monoisotopic (exact) mass is 407 g/mol. The Morgan fingerprint density at radius 2 is 1.43 bits per heavy atom. The smallest absolute Gasteiger partial charge is 0.205 e. The van der Waals surface area contributed by atoms with Crippen LogP contribution in [0.15, 0.2) is 91.3 Å². The average Bonchev–Trinajstić information content (AvgIpc) is 3.27. The molecule has 5 aromatic rings. The molecular weight excluding hydrogens is 386 g/mol. The van der Waals surface area contributed by atoms with Crippen molar-refractivity contribution >= 4 is 17.9 Å². The minimum atomic E-state index is 0.544. The molecule has 3 nitrogen and oxygen atoms in total. The first-order chi connectivity index (χ1) is 14.7. The fourth-order valence-corrected chi connectivity index (χ4v) is 3.95. The molecule has 0 bridgehead atoms. The van der Waals surface area contributed by atoms with Gasteiger partial charge in [-0.1, -0.05) is 85.8 Å². The van der Waals surface area contributed by atoms with Gasteiger partial charge in [0.1, 0.15) is 5.65 Å². The third kappa shape index (κ3) is 3.36. The zero-order valence-electron chi connectivity index (χ0n) is 16.7. The molecule has 0 aliphatic heterocycles. The molecule has 4 heteroatoms. The SMILES string of the molecule is CCc1ccc(-c2cn3c(=S)ncc(-c4ccc(-c5ccccc5)cc4)c3[nH]2)cc1. The number of aromatic amines is 1. The van der Waals surface area contributed by atoms with Crippen molar-refractivity contribution in [1.82, 2.24) is 14.4 Å². The van der Waals surface area contributed by atoms with Crippen LogP contribution in [0.1, 0.15) is 12.5 Å². The van der Waals surface area contributed by atoms with Gasteiger partial charge in [0.15, 0.2) is 0 Å². The Bertz CT molecular complexity index is 1360. The summed E-state index contributed by atoms with van der Waals surface area (Å²) in [6, 6.07) is 27.6. The standard InChI is InChI=1S/C26H21N3S/c1-2-18-8-10-22(11-9-18)24-17-29-25(28-24)23(16-27-26(29)30)21-14-12-20(13-15-21)19-6-4-3-5-7-19/h3-17,28H,2H2,1H3. The molecule has 0 spiro atoms. The first kappa shape index (κ1) is 18.5. The van der Waals surface area contributed by atoms with Gasteiger partial charge in [0, 0.05) is 18.0 Å². The minimum absolute atomic E-state index is 0.544. The van der Waals surface area contributed by atoms with E-state index >= 15 is 0 Å². The van der Waals surface area contributed by atoms with E-state index in [-0.39, 0.29) is 0 Å². The fraction of sp³-hybridized carbons (Fsp3) is 0.0769. The van der Waals surface area contributed by atoms with Gasteiger partial charge in [-0.3, -0.25) is 4.40 Å². The first-order valence-electron chi connectivity index (χ1n) is 10.1. The maximum Gasteiger partial charge on any atom is 0.205 e. The lowest BCUT2D eigenvalue weighted by Crippen LogP contribution is -1.92. The van der Waals surface area contributed by atoms with E-state index in [1.54, 1.807) is 0 Å². The Balaban J connectivity index is 1.58. The fourth-order valence-electron chi connectivity index (χ4n) is 3.76. The van der Waals surface area contributed by atoms with Crippen LogP contribution in [0.25, 0.3) is 39.2 Å². The van der Waals surface area contributed by atoms with Gasteiger partial charge in [-0.15, -0.1) is 0 Å². The number of benzene rings is 3. The van der Waals surface area contributed by atoms with Crippen molar-refractivity contribution in [1.29, 1.82) is 0 Å². The van der Waals surface area contributed by atoms with Gasteiger partial charge < -0.3 is 4.98 Å². The van der Waals surface area contributed by atoms with Crippen molar-refractivity contribution in [2.24, 2.45) is 0 Å². The zero-order chi connectivity index (χ0) is 20.5. The minimum Gasteiger partial charge on any atom is -0.339 e. The van der Waals surface area contributed by atoms with Crippen molar-refractivity contribution in [3.05, 3.63) is 102 Å². The second-order valence-electron chi connectivity index (χ2n) is 7.33. The highest BCUT2D eigenvalue weighted by atomic mass is 32.1. The lowest BCUT2D eigenvalue weighted by molar-refractivity contribution is 1.06. The van der Waals surface area contributed by atoms with Gasteiger partial charge in [0.25, 0.3) is 0 Å². The highest BCUT2D eigenvalue weighted by molar-refractivity contribution is 7.71. The summed E-state index contributed by atoms with van der Waals surface area (Å²) in [5, 5.41) is 0. The lowest BCUT2D eigenvalue weighted by Gasteiger charge is -2.06. The predicted octanol–water partition coefficient (Wildman–Crippen LogP) is 6.96. The average molecular weight is 408 g/mol. The predicted molar refractivity (Wildman–Crippen MR) is 126 cm³/mol. The second-order valence-corrected chi connectivity index (χ2v) is 7.70. The van der Waals surface area contributed by atoms with Gasteiger partial charge in [-0.2, -0.15) is 0 Å². The molecule has 0 unspecified atom stereocenters. The zero-order valence-corrected chi connectivity index (χ0v) is 17.5. The summed E-state index contributed by atoms with van der Waals surface area (Å²) in [4.78, 5) is 8.02. The molecule has 2 aromatic heterocycles. The molecule has 0 saturated carbocycles. The number of fused-ring (bicyclic) bond motifs is 1. The number of nitrogens with zero attached hydrogens (tertiary/aromatic N) is 2. The number of nitrogens with one attached hydrogen (secondary N) is 1. The molecule has 1 N–H and O–H groups in total. The molecule has 30 heavy (non-hydrogen) atoms. The van der Waals surface area contributed by atoms with E-state index in [4.69, 9.17) is 12.2 Å². The van der Waals surface area contributed by atoms with Gasteiger partial charge in [-0.25, -0.2) is 4.98 Å². The van der Waals surface area contributed by atoms with E-state index in [9.17, 15) is 0 Å². The molecule has 3 aromatic carbocycles. The van der Waals surface area contributed by atoms with Crippen molar-refractivity contribution < 1.29 is 0 Å². The number of hydrogen-bond acceptors (Lipinski definition) is 2.